The van der Waals surface area contributed by atoms with E-state index in [9.17, 15) is 24.5 Å². The summed E-state index contributed by atoms with van der Waals surface area (Å²) in [7, 11) is 0. The molecule has 0 bridgehead atoms. The highest BCUT2D eigenvalue weighted by atomic mass is 35.5. The second-order valence-electron chi connectivity index (χ2n) is 10.0. The molecule has 1 saturated carbocycles. The lowest BCUT2D eigenvalue weighted by Gasteiger charge is -2.41. The lowest BCUT2D eigenvalue weighted by Crippen LogP contribution is -2.59. The smallest absolute Gasteiger partial charge is 0.288 e. The predicted molar refractivity (Wildman–Crippen MR) is 133 cm³/mol. The Bertz CT molecular complexity index is 963. The van der Waals surface area contributed by atoms with Crippen LogP contribution in [-0.4, -0.2) is 64.2 Å². The number of halogens is 1. The molecular formula is C25H35ClN4O5. The Morgan fingerprint density at radius 2 is 1.89 bits per heavy atom. The summed E-state index contributed by atoms with van der Waals surface area (Å²) in [6.07, 6.45) is 6.46. The van der Waals surface area contributed by atoms with Gasteiger partial charge >= 0.3 is 0 Å². The molecule has 10 heteroatoms. The van der Waals surface area contributed by atoms with Crippen LogP contribution in [0.1, 0.15) is 69.7 Å². The fourth-order valence-corrected chi connectivity index (χ4v) is 5.21. The maximum atomic E-state index is 13.3. The molecule has 1 aromatic rings. The van der Waals surface area contributed by atoms with Gasteiger partial charge in [0.05, 0.1) is 4.92 Å². The third kappa shape index (κ3) is 6.72. The molecule has 2 aliphatic rings. The Morgan fingerprint density at radius 3 is 2.49 bits per heavy atom. The Labute approximate surface area is 211 Å². The molecule has 0 radical (unpaired) electrons. The van der Waals surface area contributed by atoms with E-state index in [1.807, 2.05) is 25.7 Å². The number of rotatable bonds is 8. The topological polar surface area (TPSA) is 113 Å². The van der Waals surface area contributed by atoms with Crippen molar-refractivity contribution in [1.82, 2.24) is 15.1 Å². The summed E-state index contributed by atoms with van der Waals surface area (Å²) in [6, 6.07) is 2.90. The molecule has 35 heavy (non-hydrogen) atoms. The van der Waals surface area contributed by atoms with Crippen molar-refractivity contribution >= 4 is 35.0 Å². The fourth-order valence-electron chi connectivity index (χ4n) is 5.03. The standard InChI is InChI=1S/C25H35ClN4O5/c1-16(2)23(27-24(32)19-9-10-20(26)21(14-19)30(34)35)25(33)28-12-13-29(17(3)15-28)22(31)11-8-18-6-4-5-7-18/h9-10,14,16-18,23H,4-8,11-13,15H2,1-3H3,(H,27,32). The Morgan fingerprint density at radius 1 is 1.20 bits per heavy atom. The first-order valence-corrected chi connectivity index (χ1v) is 12.8. The fraction of sp³-hybridized carbons (Fsp3) is 0.640. The normalized spacial score (nSPS) is 19.6. The van der Waals surface area contributed by atoms with Gasteiger partial charge < -0.3 is 15.1 Å². The number of amides is 3. The van der Waals surface area contributed by atoms with Crippen LogP contribution in [0.25, 0.3) is 0 Å². The molecule has 0 aromatic heterocycles. The first kappa shape index (κ1) is 26.9. The van der Waals surface area contributed by atoms with Gasteiger partial charge in [-0.3, -0.25) is 24.5 Å². The number of hydrogen-bond donors (Lipinski definition) is 1. The minimum atomic E-state index is -0.797. The number of carbonyl (C=O) groups excluding carboxylic acids is 3. The SMILES string of the molecule is CC(C)C(NC(=O)c1ccc(Cl)c([N+](=O)[O-])c1)C(=O)N1CCN(C(=O)CCC2CCCC2)C(C)C1. The molecular weight excluding hydrogens is 472 g/mol. The minimum Gasteiger partial charge on any atom is -0.340 e. The van der Waals surface area contributed by atoms with Gasteiger partial charge in [0, 0.05) is 43.7 Å². The van der Waals surface area contributed by atoms with E-state index < -0.39 is 16.9 Å². The van der Waals surface area contributed by atoms with E-state index in [2.05, 4.69) is 5.32 Å². The maximum Gasteiger partial charge on any atom is 0.288 e. The first-order valence-electron chi connectivity index (χ1n) is 12.4. The molecule has 192 valence electrons. The van der Waals surface area contributed by atoms with Crippen molar-refractivity contribution in [1.29, 1.82) is 0 Å². The van der Waals surface area contributed by atoms with Crippen LogP contribution in [0.4, 0.5) is 5.69 Å². The second-order valence-corrected chi connectivity index (χ2v) is 10.4. The van der Waals surface area contributed by atoms with Gasteiger partial charge in [-0.15, -0.1) is 0 Å². The molecule has 1 aliphatic carbocycles. The van der Waals surface area contributed by atoms with Gasteiger partial charge in [-0.1, -0.05) is 51.1 Å². The number of nitro groups is 1. The average Bonchev–Trinajstić information content (AvgIpc) is 3.34. The van der Waals surface area contributed by atoms with Crippen LogP contribution >= 0.6 is 11.6 Å². The summed E-state index contributed by atoms with van der Waals surface area (Å²) in [4.78, 5) is 53.0. The summed E-state index contributed by atoms with van der Waals surface area (Å²) < 4.78 is 0. The molecule has 2 unspecified atom stereocenters. The monoisotopic (exact) mass is 506 g/mol. The van der Waals surface area contributed by atoms with Crippen molar-refractivity contribution < 1.29 is 19.3 Å². The van der Waals surface area contributed by atoms with E-state index in [1.165, 1.54) is 37.8 Å². The highest BCUT2D eigenvalue weighted by Crippen LogP contribution is 2.29. The van der Waals surface area contributed by atoms with E-state index in [0.29, 0.717) is 32.0 Å². The number of piperazine rings is 1. The van der Waals surface area contributed by atoms with Crippen LogP contribution in [0.3, 0.4) is 0 Å². The van der Waals surface area contributed by atoms with Crippen molar-refractivity contribution in [2.24, 2.45) is 11.8 Å². The van der Waals surface area contributed by atoms with Gasteiger partial charge in [0.25, 0.3) is 11.6 Å². The molecule has 1 aromatic carbocycles. The molecule has 3 amide bonds. The van der Waals surface area contributed by atoms with E-state index >= 15 is 0 Å². The number of nitro benzene ring substituents is 1. The summed E-state index contributed by atoms with van der Waals surface area (Å²) in [5, 5.41) is 13.8. The zero-order chi connectivity index (χ0) is 25.7. The highest BCUT2D eigenvalue weighted by molar-refractivity contribution is 6.32. The van der Waals surface area contributed by atoms with Crippen molar-refractivity contribution in [3.8, 4) is 0 Å². The number of benzene rings is 1. The van der Waals surface area contributed by atoms with Gasteiger partial charge in [-0.25, -0.2) is 0 Å². The number of carbonyl (C=O) groups is 3. The predicted octanol–water partition coefficient (Wildman–Crippen LogP) is 4.03. The molecule has 1 saturated heterocycles. The van der Waals surface area contributed by atoms with Crippen molar-refractivity contribution in [3.05, 3.63) is 38.9 Å². The van der Waals surface area contributed by atoms with Crippen molar-refractivity contribution in [3.63, 3.8) is 0 Å². The summed E-state index contributed by atoms with van der Waals surface area (Å²) in [5.74, 6) is -0.188. The van der Waals surface area contributed by atoms with Gasteiger partial charge in [0.2, 0.25) is 11.8 Å². The molecule has 3 rings (SSSR count). The Balaban J connectivity index is 1.60. The molecule has 0 spiro atoms. The lowest BCUT2D eigenvalue weighted by molar-refractivity contribution is -0.384. The zero-order valence-corrected chi connectivity index (χ0v) is 21.4. The first-order chi connectivity index (χ1) is 16.6. The lowest BCUT2D eigenvalue weighted by atomic mass is 9.99. The number of hydrogen-bond acceptors (Lipinski definition) is 5. The summed E-state index contributed by atoms with van der Waals surface area (Å²) >= 11 is 5.84. The Kier molecular flexibility index (Phi) is 9.10. The van der Waals surface area contributed by atoms with Crippen LogP contribution in [0, 0.1) is 22.0 Å². The summed E-state index contributed by atoms with van der Waals surface area (Å²) in [6.45, 7) is 6.89. The molecule has 2 fully saturated rings. The minimum absolute atomic E-state index is 0.0607. The van der Waals surface area contributed by atoms with Gasteiger partial charge in [-0.05, 0) is 37.3 Å². The quantitative estimate of drug-likeness (QED) is 0.422. The van der Waals surface area contributed by atoms with Gasteiger partial charge in [0.1, 0.15) is 11.1 Å². The van der Waals surface area contributed by atoms with Crippen molar-refractivity contribution in [2.75, 3.05) is 19.6 Å². The largest absolute Gasteiger partial charge is 0.340 e. The maximum absolute atomic E-state index is 13.3. The zero-order valence-electron chi connectivity index (χ0n) is 20.7. The summed E-state index contributed by atoms with van der Waals surface area (Å²) in [5.41, 5.74) is -0.306. The van der Waals surface area contributed by atoms with E-state index in [4.69, 9.17) is 11.6 Å². The Hall–Kier alpha value is -2.68. The number of nitrogens with zero attached hydrogens (tertiary/aromatic N) is 3. The van der Waals surface area contributed by atoms with Crippen LogP contribution in [0.15, 0.2) is 18.2 Å². The molecule has 2 atom stereocenters. The third-order valence-corrected chi connectivity index (χ3v) is 7.44. The van der Waals surface area contributed by atoms with Crippen molar-refractivity contribution in [2.45, 2.75) is 71.4 Å². The van der Waals surface area contributed by atoms with E-state index in [1.54, 1.807) is 4.90 Å². The van der Waals surface area contributed by atoms with Gasteiger partial charge in [-0.2, -0.15) is 0 Å². The van der Waals surface area contributed by atoms with Gasteiger partial charge in [0.15, 0.2) is 0 Å². The van der Waals surface area contributed by atoms with Crippen LogP contribution in [0.5, 0.6) is 0 Å². The molecule has 9 nitrogen and oxygen atoms in total. The molecule has 1 heterocycles. The van der Waals surface area contributed by atoms with E-state index in [0.717, 1.165) is 12.5 Å². The molecule has 1 aliphatic heterocycles. The second kappa shape index (κ2) is 11.8. The van der Waals surface area contributed by atoms with Crippen LogP contribution < -0.4 is 5.32 Å². The molecule has 1 N–H and O–H groups in total. The van der Waals surface area contributed by atoms with Crippen LogP contribution in [0.2, 0.25) is 5.02 Å². The van der Waals surface area contributed by atoms with E-state index in [-0.39, 0.29) is 40.0 Å². The van der Waals surface area contributed by atoms with Crippen LogP contribution in [-0.2, 0) is 9.59 Å². The average molecular weight is 507 g/mol. The third-order valence-electron chi connectivity index (χ3n) is 7.13. The highest BCUT2D eigenvalue weighted by Gasteiger charge is 2.35. The number of nitrogens with one attached hydrogen (secondary N) is 1.